The molecule has 0 bridgehead atoms. The van der Waals surface area contributed by atoms with Crippen LogP contribution in [0.15, 0.2) is 30.3 Å². The average molecular weight is 262 g/mol. The van der Waals surface area contributed by atoms with E-state index in [1.54, 1.807) is 0 Å². The molecule has 102 valence electrons. The molecule has 5 heteroatoms. The zero-order valence-electron chi connectivity index (χ0n) is 11.0. The van der Waals surface area contributed by atoms with Gasteiger partial charge < -0.3 is 15.0 Å². The third-order valence-electron chi connectivity index (χ3n) is 2.97. The van der Waals surface area contributed by atoms with Crippen LogP contribution in [0.5, 0.6) is 0 Å². The van der Waals surface area contributed by atoms with Crippen LogP contribution < -0.4 is 5.32 Å². The third-order valence-corrected chi connectivity index (χ3v) is 2.97. The lowest BCUT2D eigenvalue weighted by atomic mass is 10.2. The van der Waals surface area contributed by atoms with Gasteiger partial charge in [-0.05, 0) is 12.5 Å². The fraction of sp³-hybridized carbons (Fsp3) is 0.429. The van der Waals surface area contributed by atoms with E-state index in [0.717, 1.165) is 5.56 Å². The molecule has 1 unspecified atom stereocenters. The Kier molecular flexibility index (Phi) is 4.52. The zero-order chi connectivity index (χ0) is 13.7. The predicted molar refractivity (Wildman–Crippen MR) is 70.3 cm³/mol. The highest BCUT2D eigenvalue weighted by atomic mass is 16.5. The van der Waals surface area contributed by atoms with E-state index in [2.05, 4.69) is 5.32 Å². The van der Waals surface area contributed by atoms with E-state index >= 15 is 0 Å². The zero-order valence-corrected chi connectivity index (χ0v) is 11.0. The predicted octanol–water partition coefficient (Wildman–Crippen LogP) is 0.550. The molecule has 1 atom stereocenters. The van der Waals surface area contributed by atoms with Gasteiger partial charge in [0.1, 0.15) is 0 Å². The lowest BCUT2D eigenvalue weighted by Crippen LogP contribution is -2.57. The maximum absolute atomic E-state index is 11.6. The first kappa shape index (κ1) is 13.5. The summed E-state index contributed by atoms with van der Waals surface area (Å²) < 4.78 is 5.52. The van der Waals surface area contributed by atoms with Crippen molar-refractivity contribution in [3.63, 3.8) is 0 Å². The van der Waals surface area contributed by atoms with Crippen LogP contribution in [0.3, 0.4) is 0 Å². The minimum Gasteiger partial charge on any atom is -0.375 e. The Balaban J connectivity index is 1.73. The Hall–Kier alpha value is -1.88. The van der Waals surface area contributed by atoms with Crippen molar-refractivity contribution in [1.29, 1.82) is 0 Å². The first-order valence-corrected chi connectivity index (χ1v) is 6.38. The Bertz CT molecular complexity index is 447. The van der Waals surface area contributed by atoms with E-state index < -0.39 is 11.8 Å². The Morgan fingerprint density at radius 1 is 1.32 bits per heavy atom. The third kappa shape index (κ3) is 3.79. The van der Waals surface area contributed by atoms with Crippen LogP contribution in [0.25, 0.3) is 0 Å². The Morgan fingerprint density at radius 3 is 2.79 bits per heavy atom. The van der Waals surface area contributed by atoms with E-state index in [0.29, 0.717) is 26.3 Å². The molecule has 1 fully saturated rings. The van der Waals surface area contributed by atoms with Gasteiger partial charge in [0, 0.05) is 19.1 Å². The molecule has 5 nitrogen and oxygen atoms in total. The minimum absolute atomic E-state index is 0.000627. The summed E-state index contributed by atoms with van der Waals surface area (Å²) in [4.78, 5) is 24.5. The number of hydrogen-bond donors (Lipinski definition) is 1. The van der Waals surface area contributed by atoms with Crippen LogP contribution in [0, 0.1) is 0 Å². The minimum atomic E-state index is -0.526. The van der Waals surface area contributed by atoms with Crippen LogP contribution in [0.4, 0.5) is 0 Å². The molecule has 1 saturated heterocycles. The van der Waals surface area contributed by atoms with Crippen LogP contribution in [-0.4, -0.2) is 42.5 Å². The summed E-state index contributed by atoms with van der Waals surface area (Å²) >= 11 is 0. The average Bonchev–Trinajstić information content (AvgIpc) is 2.41. The van der Waals surface area contributed by atoms with E-state index in [1.165, 1.54) is 4.90 Å². The number of nitrogens with one attached hydrogen (secondary N) is 1. The van der Waals surface area contributed by atoms with Crippen molar-refractivity contribution in [3.05, 3.63) is 35.9 Å². The SMILES string of the molecule is CC1CN(CCOCc2ccccc2)C(=O)C(=O)N1. The van der Waals surface area contributed by atoms with Gasteiger partial charge in [0.25, 0.3) is 0 Å². The van der Waals surface area contributed by atoms with Gasteiger partial charge in [-0.2, -0.15) is 0 Å². The van der Waals surface area contributed by atoms with Crippen molar-refractivity contribution < 1.29 is 14.3 Å². The second-order valence-electron chi connectivity index (χ2n) is 4.66. The molecule has 1 aliphatic rings. The van der Waals surface area contributed by atoms with Crippen LogP contribution in [0.1, 0.15) is 12.5 Å². The van der Waals surface area contributed by atoms with Crippen molar-refractivity contribution in [1.82, 2.24) is 10.2 Å². The van der Waals surface area contributed by atoms with Gasteiger partial charge in [-0.1, -0.05) is 30.3 Å². The van der Waals surface area contributed by atoms with Crippen molar-refractivity contribution >= 4 is 11.8 Å². The molecular weight excluding hydrogens is 244 g/mol. The summed E-state index contributed by atoms with van der Waals surface area (Å²) in [5, 5.41) is 2.60. The van der Waals surface area contributed by atoms with Crippen molar-refractivity contribution in [2.24, 2.45) is 0 Å². The Labute approximate surface area is 112 Å². The standard InChI is InChI=1S/C14H18N2O3/c1-11-9-16(14(18)13(17)15-11)7-8-19-10-12-5-3-2-4-6-12/h2-6,11H,7-10H2,1H3,(H,15,17). The molecule has 2 rings (SSSR count). The monoisotopic (exact) mass is 262 g/mol. The first-order chi connectivity index (χ1) is 9.16. The second-order valence-corrected chi connectivity index (χ2v) is 4.66. The van der Waals surface area contributed by atoms with Gasteiger partial charge >= 0.3 is 11.8 Å². The summed E-state index contributed by atoms with van der Waals surface area (Å²) in [5.41, 5.74) is 1.10. The first-order valence-electron chi connectivity index (χ1n) is 6.38. The number of rotatable bonds is 5. The summed E-state index contributed by atoms with van der Waals surface area (Å²) in [7, 11) is 0. The maximum atomic E-state index is 11.6. The van der Waals surface area contributed by atoms with E-state index in [9.17, 15) is 9.59 Å². The fourth-order valence-electron chi connectivity index (χ4n) is 2.02. The van der Waals surface area contributed by atoms with Crippen LogP contribution in [-0.2, 0) is 20.9 Å². The number of carbonyl (C=O) groups excluding carboxylic acids is 2. The number of ether oxygens (including phenoxy) is 1. The summed E-state index contributed by atoms with van der Waals surface area (Å²) in [5.74, 6) is -0.997. The normalized spacial score (nSPS) is 19.4. The molecule has 0 aliphatic carbocycles. The molecule has 1 heterocycles. The van der Waals surface area contributed by atoms with Crippen LogP contribution in [0.2, 0.25) is 0 Å². The van der Waals surface area contributed by atoms with Gasteiger partial charge in [0.15, 0.2) is 0 Å². The Morgan fingerprint density at radius 2 is 2.05 bits per heavy atom. The molecule has 0 spiro atoms. The van der Waals surface area contributed by atoms with Crippen molar-refractivity contribution in [2.45, 2.75) is 19.6 Å². The molecule has 0 saturated carbocycles. The molecule has 0 radical (unpaired) electrons. The molecule has 1 aliphatic heterocycles. The number of amides is 2. The van der Waals surface area contributed by atoms with Gasteiger partial charge in [-0.15, -0.1) is 0 Å². The largest absolute Gasteiger partial charge is 0.375 e. The molecule has 1 aromatic carbocycles. The topological polar surface area (TPSA) is 58.6 Å². The summed E-state index contributed by atoms with van der Waals surface area (Å²) in [6.45, 7) is 3.82. The van der Waals surface area contributed by atoms with Gasteiger partial charge in [0.2, 0.25) is 0 Å². The molecule has 19 heavy (non-hydrogen) atoms. The number of nitrogens with zero attached hydrogens (tertiary/aromatic N) is 1. The van der Waals surface area contributed by atoms with E-state index in [1.807, 2.05) is 37.3 Å². The number of benzene rings is 1. The van der Waals surface area contributed by atoms with Crippen molar-refractivity contribution in [3.8, 4) is 0 Å². The lowest BCUT2D eigenvalue weighted by Gasteiger charge is -2.30. The highest BCUT2D eigenvalue weighted by molar-refractivity contribution is 6.35. The van der Waals surface area contributed by atoms with Gasteiger partial charge in [-0.3, -0.25) is 9.59 Å². The lowest BCUT2D eigenvalue weighted by molar-refractivity contribution is -0.149. The number of hydrogen-bond acceptors (Lipinski definition) is 3. The molecule has 0 aromatic heterocycles. The van der Waals surface area contributed by atoms with Crippen molar-refractivity contribution in [2.75, 3.05) is 19.7 Å². The fourth-order valence-corrected chi connectivity index (χ4v) is 2.02. The van der Waals surface area contributed by atoms with Crippen LogP contribution >= 0.6 is 0 Å². The highest BCUT2D eigenvalue weighted by Gasteiger charge is 2.29. The second kappa shape index (κ2) is 6.33. The molecule has 1 aromatic rings. The number of piperazine rings is 1. The van der Waals surface area contributed by atoms with E-state index in [-0.39, 0.29) is 6.04 Å². The number of carbonyl (C=O) groups is 2. The van der Waals surface area contributed by atoms with E-state index in [4.69, 9.17) is 4.74 Å². The molecule has 1 N–H and O–H groups in total. The summed E-state index contributed by atoms with van der Waals surface area (Å²) in [6.07, 6.45) is 0. The maximum Gasteiger partial charge on any atom is 0.312 e. The molecular formula is C14H18N2O3. The quantitative estimate of drug-likeness (QED) is 0.623. The smallest absolute Gasteiger partial charge is 0.312 e. The highest BCUT2D eigenvalue weighted by Crippen LogP contribution is 2.03. The van der Waals surface area contributed by atoms with Gasteiger partial charge in [-0.25, -0.2) is 0 Å². The van der Waals surface area contributed by atoms with Gasteiger partial charge in [0.05, 0.1) is 13.2 Å². The molecule has 2 amide bonds. The summed E-state index contributed by atoms with van der Waals surface area (Å²) in [6, 6.07) is 9.84.